The van der Waals surface area contributed by atoms with Crippen LogP contribution < -0.4 is 0 Å². The van der Waals surface area contributed by atoms with Crippen LogP contribution in [-0.2, 0) is 4.43 Å². The number of terminal acetylenes is 1. The van der Waals surface area contributed by atoms with Crippen LogP contribution >= 0.6 is 0 Å². The molecule has 1 nitrogen and oxygen atoms in total. The zero-order valence-corrected chi connectivity index (χ0v) is 12.7. The van der Waals surface area contributed by atoms with E-state index in [1.807, 2.05) is 0 Å². The van der Waals surface area contributed by atoms with Crippen LogP contribution in [0.4, 0.5) is 0 Å². The fourth-order valence-corrected chi connectivity index (χ4v) is 2.31. The van der Waals surface area contributed by atoms with Crippen LogP contribution in [0.5, 0.6) is 0 Å². The molecule has 0 saturated heterocycles. The third kappa shape index (κ3) is 6.35. The molecular weight excluding hydrogens is 212 g/mol. The summed E-state index contributed by atoms with van der Waals surface area (Å²) in [7, 11) is -1.51. The molecule has 0 aliphatic carbocycles. The van der Waals surface area contributed by atoms with E-state index in [0.717, 1.165) is 19.4 Å². The third-order valence-electron chi connectivity index (χ3n) is 3.48. The Balaban J connectivity index is 3.56. The van der Waals surface area contributed by atoms with Crippen LogP contribution in [0.3, 0.4) is 0 Å². The fourth-order valence-electron chi connectivity index (χ4n) is 1.23. The lowest BCUT2D eigenvalue weighted by Crippen LogP contribution is -2.40. The van der Waals surface area contributed by atoms with Gasteiger partial charge in [0.1, 0.15) is 0 Å². The molecule has 0 unspecified atom stereocenters. The normalized spacial score (nSPS) is 12.5. The predicted octanol–water partition coefficient (Wildman–Crippen LogP) is 4.59. The zero-order valence-electron chi connectivity index (χ0n) is 11.7. The van der Waals surface area contributed by atoms with Gasteiger partial charge < -0.3 is 4.43 Å². The largest absolute Gasteiger partial charge is 0.417 e. The van der Waals surface area contributed by atoms with E-state index >= 15 is 0 Å². The highest BCUT2D eigenvalue weighted by Gasteiger charge is 2.36. The second-order valence-corrected chi connectivity index (χ2v) is 10.8. The summed E-state index contributed by atoms with van der Waals surface area (Å²) in [6.45, 7) is 12.4. The quantitative estimate of drug-likeness (QED) is 0.359. The van der Waals surface area contributed by atoms with E-state index in [1.165, 1.54) is 19.3 Å². The molecule has 94 valence electrons. The van der Waals surface area contributed by atoms with E-state index in [4.69, 9.17) is 10.8 Å². The molecule has 0 radical (unpaired) electrons. The molecule has 0 aromatic carbocycles. The Labute approximate surface area is 103 Å². The van der Waals surface area contributed by atoms with Gasteiger partial charge in [-0.15, -0.1) is 12.3 Å². The predicted molar refractivity (Wildman–Crippen MR) is 75.1 cm³/mol. The van der Waals surface area contributed by atoms with Gasteiger partial charge in [0.05, 0.1) is 0 Å². The van der Waals surface area contributed by atoms with Crippen LogP contribution in [0.15, 0.2) is 0 Å². The summed E-state index contributed by atoms with van der Waals surface area (Å²) in [4.78, 5) is 0. The van der Waals surface area contributed by atoms with Crippen molar-refractivity contribution in [1.82, 2.24) is 0 Å². The monoisotopic (exact) mass is 240 g/mol. The van der Waals surface area contributed by atoms with Crippen molar-refractivity contribution < 1.29 is 4.43 Å². The average Bonchev–Trinajstić information content (AvgIpc) is 2.14. The molecule has 0 rings (SSSR count). The second kappa shape index (κ2) is 7.14. The van der Waals surface area contributed by atoms with Gasteiger partial charge in [-0.25, -0.2) is 0 Å². The second-order valence-electron chi connectivity index (χ2n) is 5.98. The van der Waals surface area contributed by atoms with E-state index < -0.39 is 8.32 Å². The molecule has 0 spiro atoms. The van der Waals surface area contributed by atoms with Crippen LogP contribution in [-0.4, -0.2) is 14.9 Å². The SMILES string of the molecule is C#CCCCCCCO[Si](C)(C)C(C)(C)C. The molecule has 0 saturated carbocycles. The highest BCUT2D eigenvalue weighted by atomic mass is 28.4. The molecule has 0 atom stereocenters. The molecule has 0 fully saturated rings. The zero-order chi connectivity index (χ0) is 12.7. The molecule has 16 heavy (non-hydrogen) atoms. The maximum atomic E-state index is 6.10. The first-order valence-corrected chi connectivity index (χ1v) is 9.29. The van der Waals surface area contributed by atoms with Crippen molar-refractivity contribution in [3.05, 3.63) is 0 Å². The molecule has 0 bridgehead atoms. The van der Waals surface area contributed by atoms with Gasteiger partial charge in [-0.3, -0.25) is 0 Å². The van der Waals surface area contributed by atoms with Crippen LogP contribution in [0.2, 0.25) is 18.1 Å². The summed E-state index contributed by atoms with van der Waals surface area (Å²) < 4.78 is 6.10. The minimum Gasteiger partial charge on any atom is -0.417 e. The molecule has 0 amide bonds. The number of hydrogen-bond acceptors (Lipinski definition) is 1. The van der Waals surface area contributed by atoms with Crippen LogP contribution in [0.1, 0.15) is 52.9 Å². The van der Waals surface area contributed by atoms with Gasteiger partial charge >= 0.3 is 0 Å². The van der Waals surface area contributed by atoms with Gasteiger partial charge in [-0.05, 0) is 31.0 Å². The number of hydrogen-bond donors (Lipinski definition) is 0. The molecule has 0 aliphatic heterocycles. The number of unbranched alkanes of at least 4 members (excludes halogenated alkanes) is 4. The first-order valence-electron chi connectivity index (χ1n) is 6.39. The van der Waals surface area contributed by atoms with E-state index in [-0.39, 0.29) is 0 Å². The highest BCUT2D eigenvalue weighted by molar-refractivity contribution is 6.74. The topological polar surface area (TPSA) is 9.23 Å². The first kappa shape index (κ1) is 15.7. The molecule has 2 heteroatoms. The third-order valence-corrected chi connectivity index (χ3v) is 8.02. The standard InChI is InChI=1S/C14H28OSi/c1-7-8-9-10-11-12-13-15-16(5,6)14(2,3)4/h1H,8-13H2,2-6H3. The van der Waals surface area contributed by atoms with Crippen LogP contribution in [0.25, 0.3) is 0 Å². The van der Waals surface area contributed by atoms with Crippen molar-refractivity contribution in [2.45, 2.75) is 71.0 Å². The lowest BCUT2D eigenvalue weighted by atomic mass is 10.1. The van der Waals surface area contributed by atoms with Crippen molar-refractivity contribution in [1.29, 1.82) is 0 Å². The molecule has 0 heterocycles. The smallest absolute Gasteiger partial charge is 0.191 e. The lowest BCUT2D eigenvalue weighted by molar-refractivity contribution is 0.277. The molecule has 0 aromatic heterocycles. The highest BCUT2D eigenvalue weighted by Crippen LogP contribution is 2.36. The van der Waals surface area contributed by atoms with Crippen molar-refractivity contribution >= 4 is 8.32 Å². The molecule has 0 aromatic rings. The Kier molecular flexibility index (Phi) is 7.02. The first-order chi connectivity index (χ1) is 7.31. The summed E-state index contributed by atoms with van der Waals surface area (Å²) in [6, 6.07) is 0. The average molecular weight is 240 g/mol. The van der Waals surface area contributed by atoms with Gasteiger partial charge in [0, 0.05) is 13.0 Å². The maximum Gasteiger partial charge on any atom is 0.191 e. The molecule has 0 N–H and O–H groups in total. The summed E-state index contributed by atoms with van der Waals surface area (Å²) in [5.74, 6) is 2.68. The fraction of sp³-hybridized carbons (Fsp3) is 0.857. The van der Waals surface area contributed by atoms with Gasteiger partial charge in [-0.2, -0.15) is 0 Å². The van der Waals surface area contributed by atoms with Crippen molar-refractivity contribution in [2.75, 3.05) is 6.61 Å². The molecule has 0 aliphatic rings. The Hall–Kier alpha value is -0.263. The number of rotatable bonds is 7. The van der Waals surface area contributed by atoms with E-state index in [9.17, 15) is 0 Å². The summed E-state index contributed by atoms with van der Waals surface area (Å²) >= 11 is 0. The van der Waals surface area contributed by atoms with E-state index in [0.29, 0.717) is 5.04 Å². The van der Waals surface area contributed by atoms with Crippen LogP contribution in [0, 0.1) is 12.3 Å². The summed E-state index contributed by atoms with van der Waals surface area (Å²) in [5, 5.41) is 0.330. The summed E-state index contributed by atoms with van der Waals surface area (Å²) in [6.07, 6.45) is 11.0. The van der Waals surface area contributed by atoms with Gasteiger partial charge in [-0.1, -0.05) is 33.6 Å². The van der Waals surface area contributed by atoms with Gasteiger partial charge in [0.15, 0.2) is 8.32 Å². The Morgan fingerprint density at radius 3 is 2.12 bits per heavy atom. The Morgan fingerprint density at radius 2 is 1.62 bits per heavy atom. The van der Waals surface area contributed by atoms with Crippen molar-refractivity contribution in [3.8, 4) is 12.3 Å². The van der Waals surface area contributed by atoms with Gasteiger partial charge in [0.25, 0.3) is 0 Å². The maximum absolute atomic E-state index is 6.10. The molecular formula is C14H28OSi. The Bertz CT molecular complexity index is 220. The van der Waals surface area contributed by atoms with Gasteiger partial charge in [0.2, 0.25) is 0 Å². The van der Waals surface area contributed by atoms with E-state index in [1.54, 1.807) is 0 Å². The van der Waals surface area contributed by atoms with Crippen molar-refractivity contribution in [3.63, 3.8) is 0 Å². The minimum atomic E-state index is -1.51. The Morgan fingerprint density at radius 1 is 1.06 bits per heavy atom. The lowest BCUT2D eigenvalue weighted by Gasteiger charge is -2.36. The van der Waals surface area contributed by atoms with E-state index in [2.05, 4.69) is 39.8 Å². The summed E-state index contributed by atoms with van der Waals surface area (Å²) in [5.41, 5.74) is 0. The van der Waals surface area contributed by atoms with Crippen molar-refractivity contribution in [2.24, 2.45) is 0 Å². The minimum absolute atomic E-state index is 0.330.